The molecule has 2 amide bonds. The highest BCUT2D eigenvalue weighted by molar-refractivity contribution is 5.93. The van der Waals surface area contributed by atoms with Gasteiger partial charge in [-0.2, -0.15) is 0 Å². The van der Waals surface area contributed by atoms with Crippen molar-refractivity contribution in [1.82, 2.24) is 10.8 Å². The van der Waals surface area contributed by atoms with Gasteiger partial charge in [-0.05, 0) is 36.2 Å². The summed E-state index contributed by atoms with van der Waals surface area (Å²) in [6, 6.07) is 8.97. The predicted molar refractivity (Wildman–Crippen MR) is 82.3 cm³/mol. The van der Waals surface area contributed by atoms with E-state index in [-0.39, 0.29) is 23.6 Å². The molecule has 0 aromatic heterocycles. The van der Waals surface area contributed by atoms with Crippen molar-refractivity contribution < 1.29 is 23.6 Å². The lowest BCUT2D eigenvalue weighted by atomic mass is 10.0. The third-order valence-corrected chi connectivity index (χ3v) is 3.52. The van der Waals surface area contributed by atoms with Crippen molar-refractivity contribution in [2.45, 2.75) is 19.4 Å². The number of carbonyl (C=O) groups is 2. The van der Waals surface area contributed by atoms with Gasteiger partial charge in [0.15, 0.2) is 0 Å². The Labute approximate surface area is 137 Å². The second-order valence-electron chi connectivity index (χ2n) is 5.26. The number of hydroxylamine groups is 1. The summed E-state index contributed by atoms with van der Waals surface area (Å²) >= 11 is 0. The van der Waals surface area contributed by atoms with E-state index in [1.165, 1.54) is 23.7 Å². The van der Waals surface area contributed by atoms with Crippen molar-refractivity contribution in [3.05, 3.63) is 70.8 Å². The molecule has 3 N–H and O–H groups in total. The van der Waals surface area contributed by atoms with Crippen molar-refractivity contribution >= 4 is 11.8 Å². The minimum absolute atomic E-state index is 0.107. The van der Waals surface area contributed by atoms with E-state index in [9.17, 15) is 18.4 Å². The van der Waals surface area contributed by atoms with Crippen LogP contribution < -0.4 is 10.8 Å². The Balaban J connectivity index is 1.99. The molecule has 0 aliphatic carbocycles. The quantitative estimate of drug-likeness (QED) is 0.581. The molecule has 0 bridgehead atoms. The molecule has 1 unspecified atom stereocenters. The van der Waals surface area contributed by atoms with E-state index in [1.54, 1.807) is 19.1 Å². The molecule has 126 valence electrons. The number of rotatable bonds is 5. The molecule has 2 rings (SSSR count). The average Bonchev–Trinajstić information content (AvgIpc) is 2.56. The Morgan fingerprint density at radius 3 is 2.38 bits per heavy atom. The largest absolute Gasteiger partial charge is 0.349 e. The average molecular weight is 334 g/mol. The minimum Gasteiger partial charge on any atom is -0.349 e. The molecule has 2 aromatic rings. The van der Waals surface area contributed by atoms with Crippen LogP contribution in [0, 0.1) is 11.6 Å². The lowest BCUT2D eigenvalue weighted by Crippen LogP contribution is -2.28. The molecule has 24 heavy (non-hydrogen) atoms. The molecule has 0 spiro atoms. The summed E-state index contributed by atoms with van der Waals surface area (Å²) in [4.78, 5) is 23.2. The normalized spacial score (nSPS) is 11.7. The zero-order chi connectivity index (χ0) is 17.7. The first-order valence-electron chi connectivity index (χ1n) is 7.18. The van der Waals surface area contributed by atoms with Crippen LogP contribution in [-0.4, -0.2) is 17.0 Å². The van der Waals surface area contributed by atoms with E-state index in [0.29, 0.717) is 0 Å². The predicted octanol–water partition coefficient (Wildman–Crippen LogP) is 2.50. The molecule has 0 fully saturated rings. The Morgan fingerprint density at radius 2 is 1.79 bits per heavy atom. The molecule has 0 saturated carbocycles. The lowest BCUT2D eigenvalue weighted by Gasteiger charge is -2.15. The van der Waals surface area contributed by atoms with Gasteiger partial charge in [0.25, 0.3) is 5.91 Å². The maximum Gasteiger partial charge on any atom is 0.274 e. The van der Waals surface area contributed by atoms with E-state index >= 15 is 0 Å². The minimum atomic E-state index is -0.767. The fourth-order valence-electron chi connectivity index (χ4n) is 2.20. The summed E-state index contributed by atoms with van der Waals surface area (Å²) in [5.74, 6) is -2.51. The van der Waals surface area contributed by atoms with Crippen LogP contribution in [-0.2, 0) is 11.2 Å². The molecule has 1 atom stereocenters. The van der Waals surface area contributed by atoms with Crippen molar-refractivity contribution in [2.24, 2.45) is 0 Å². The van der Waals surface area contributed by atoms with Crippen LogP contribution in [0.15, 0.2) is 42.5 Å². The second-order valence-corrected chi connectivity index (χ2v) is 5.26. The topological polar surface area (TPSA) is 78.4 Å². The van der Waals surface area contributed by atoms with Crippen LogP contribution >= 0.6 is 0 Å². The van der Waals surface area contributed by atoms with Crippen LogP contribution in [0.3, 0.4) is 0 Å². The first-order valence-corrected chi connectivity index (χ1v) is 7.18. The number of halogens is 2. The van der Waals surface area contributed by atoms with Gasteiger partial charge in [0, 0.05) is 11.6 Å². The van der Waals surface area contributed by atoms with Gasteiger partial charge in [-0.15, -0.1) is 0 Å². The maximum atomic E-state index is 13.5. The standard InChI is InChI=1S/C17H16F2N2O3/c1-10(11-2-4-12(5-3-11)17(23)21-24)20-16(22)8-13-6-7-14(18)9-15(13)19/h2-7,9-10,24H,8H2,1H3,(H,20,22)(H,21,23). The van der Waals surface area contributed by atoms with Crippen LogP contribution in [0.1, 0.15) is 34.5 Å². The number of nitrogens with one attached hydrogen (secondary N) is 2. The Kier molecular flexibility index (Phi) is 5.59. The fourth-order valence-corrected chi connectivity index (χ4v) is 2.20. The zero-order valence-corrected chi connectivity index (χ0v) is 12.8. The third-order valence-electron chi connectivity index (χ3n) is 3.52. The molecule has 0 heterocycles. The monoisotopic (exact) mass is 334 g/mol. The maximum absolute atomic E-state index is 13.5. The number of amides is 2. The van der Waals surface area contributed by atoms with Gasteiger partial charge in [-0.1, -0.05) is 18.2 Å². The van der Waals surface area contributed by atoms with Gasteiger partial charge in [-0.3, -0.25) is 14.8 Å². The van der Waals surface area contributed by atoms with Gasteiger partial charge in [0.05, 0.1) is 12.5 Å². The van der Waals surface area contributed by atoms with Gasteiger partial charge < -0.3 is 5.32 Å². The number of hydrogen-bond donors (Lipinski definition) is 3. The summed E-state index contributed by atoms with van der Waals surface area (Å²) < 4.78 is 26.4. The van der Waals surface area contributed by atoms with Crippen molar-refractivity contribution in [1.29, 1.82) is 0 Å². The zero-order valence-electron chi connectivity index (χ0n) is 12.8. The first-order chi connectivity index (χ1) is 11.4. The molecule has 0 saturated heterocycles. The van der Waals surface area contributed by atoms with Crippen LogP contribution in [0.2, 0.25) is 0 Å². The second kappa shape index (κ2) is 7.65. The van der Waals surface area contributed by atoms with E-state index in [1.807, 2.05) is 0 Å². The SMILES string of the molecule is CC(NC(=O)Cc1ccc(F)cc1F)c1ccc(C(=O)NO)cc1. The van der Waals surface area contributed by atoms with E-state index in [2.05, 4.69) is 5.32 Å². The summed E-state index contributed by atoms with van der Waals surface area (Å²) in [7, 11) is 0. The Bertz CT molecular complexity index is 748. The number of hydrogen-bond acceptors (Lipinski definition) is 3. The van der Waals surface area contributed by atoms with E-state index in [0.717, 1.165) is 17.7 Å². The third kappa shape index (κ3) is 4.36. The van der Waals surface area contributed by atoms with Gasteiger partial charge >= 0.3 is 0 Å². The summed E-state index contributed by atoms with van der Waals surface area (Å²) in [6.45, 7) is 1.74. The Morgan fingerprint density at radius 1 is 1.12 bits per heavy atom. The molecule has 0 radical (unpaired) electrons. The van der Waals surface area contributed by atoms with Crippen LogP contribution in [0.25, 0.3) is 0 Å². The molecule has 5 nitrogen and oxygen atoms in total. The highest BCUT2D eigenvalue weighted by Gasteiger charge is 2.13. The molecular formula is C17H16F2N2O3. The van der Waals surface area contributed by atoms with Crippen molar-refractivity contribution in [3.8, 4) is 0 Å². The summed E-state index contributed by atoms with van der Waals surface area (Å²) in [5.41, 5.74) is 2.64. The van der Waals surface area contributed by atoms with Gasteiger partial charge in [0.2, 0.25) is 5.91 Å². The molecule has 2 aromatic carbocycles. The van der Waals surface area contributed by atoms with Gasteiger partial charge in [0.1, 0.15) is 11.6 Å². The molecule has 0 aliphatic heterocycles. The van der Waals surface area contributed by atoms with E-state index < -0.39 is 23.4 Å². The van der Waals surface area contributed by atoms with E-state index in [4.69, 9.17) is 5.21 Å². The summed E-state index contributed by atoms with van der Waals surface area (Å²) in [5, 5.41) is 11.3. The lowest BCUT2D eigenvalue weighted by molar-refractivity contribution is -0.121. The van der Waals surface area contributed by atoms with Crippen LogP contribution in [0.4, 0.5) is 8.78 Å². The van der Waals surface area contributed by atoms with Crippen molar-refractivity contribution in [3.63, 3.8) is 0 Å². The smallest absolute Gasteiger partial charge is 0.274 e. The highest BCUT2D eigenvalue weighted by atomic mass is 19.1. The molecular weight excluding hydrogens is 318 g/mol. The molecule has 0 aliphatic rings. The van der Waals surface area contributed by atoms with Crippen molar-refractivity contribution in [2.75, 3.05) is 0 Å². The molecule has 7 heteroatoms. The van der Waals surface area contributed by atoms with Gasteiger partial charge in [-0.25, -0.2) is 14.3 Å². The fraction of sp³-hybridized carbons (Fsp3) is 0.176. The summed E-state index contributed by atoms with van der Waals surface area (Å²) in [6.07, 6.45) is -0.207. The first kappa shape index (κ1) is 17.6. The highest BCUT2D eigenvalue weighted by Crippen LogP contribution is 2.15. The van der Waals surface area contributed by atoms with Crippen LogP contribution in [0.5, 0.6) is 0 Å². The Hall–Kier alpha value is -2.80. The number of carbonyl (C=O) groups excluding carboxylic acids is 2. The number of benzene rings is 2.